The van der Waals surface area contributed by atoms with E-state index in [4.69, 9.17) is 9.47 Å². The van der Waals surface area contributed by atoms with Crippen LogP contribution in [0, 0.1) is 11.8 Å². The quantitative estimate of drug-likeness (QED) is 0.353. The van der Waals surface area contributed by atoms with Crippen molar-refractivity contribution in [2.24, 2.45) is 11.8 Å². The predicted octanol–water partition coefficient (Wildman–Crippen LogP) is 8.05. The van der Waals surface area contributed by atoms with Crippen molar-refractivity contribution in [3.63, 3.8) is 0 Å². The van der Waals surface area contributed by atoms with Crippen LogP contribution >= 0.6 is 0 Å². The predicted molar refractivity (Wildman–Crippen MR) is 149 cm³/mol. The van der Waals surface area contributed by atoms with E-state index in [2.05, 4.69) is 71.5 Å². The maximum absolute atomic E-state index is 6.08. The van der Waals surface area contributed by atoms with Crippen LogP contribution in [0.15, 0.2) is 65.0 Å². The molecule has 2 unspecified atom stereocenters. The zero-order valence-electron chi connectivity index (χ0n) is 21.9. The van der Waals surface area contributed by atoms with Crippen LogP contribution in [0.5, 0.6) is 5.75 Å². The summed E-state index contributed by atoms with van der Waals surface area (Å²) in [7, 11) is 0. The van der Waals surface area contributed by atoms with Crippen molar-refractivity contribution in [3.8, 4) is 5.75 Å². The molecule has 0 saturated heterocycles. The third-order valence-corrected chi connectivity index (χ3v) is 7.37. The molecule has 0 aliphatic heterocycles. The van der Waals surface area contributed by atoms with E-state index in [1.54, 1.807) is 5.57 Å². The van der Waals surface area contributed by atoms with Gasteiger partial charge in [-0.3, -0.25) is 0 Å². The van der Waals surface area contributed by atoms with Crippen LogP contribution in [0.25, 0.3) is 0 Å². The van der Waals surface area contributed by atoms with E-state index in [-0.39, 0.29) is 18.3 Å². The summed E-state index contributed by atoms with van der Waals surface area (Å²) in [6, 6.07) is 6.85. The average molecular weight is 481 g/mol. The first-order valence-electron chi connectivity index (χ1n) is 13.1. The van der Waals surface area contributed by atoms with Crippen LogP contribution in [0.1, 0.15) is 91.7 Å². The summed E-state index contributed by atoms with van der Waals surface area (Å²) < 4.78 is 12.1. The Balaban J connectivity index is 0.00000216. The van der Waals surface area contributed by atoms with Crippen LogP contribution in [-0.4, -0.2) is 18.7 Å². The van der Waals surface area contributed by atoms with E-state index in [1.807, 2.05) is 0 Å². The average Bonchev–Trinajstić information content (AvgIpc) is 3.11. The molecule has 0 aromatic heterocycles. The molecule has 2 N–H and O–H groups in total. The topological polar surface area (TPSA) is 50.0 Å². The lowest BCUT2D eigenvalue weighted by molar-refractivity contribution is 0.230. The van der Waals surface area contributed by atoms with Gasteiger partial charge in [0.1, 0.15) is 11.5 Å². The zero-order chi connectivity index (χ0) is 23.6. The van der Waals surface area contributed by atoms with Crippen molar-refractivity contribution >= 4 is 0 Å². The smallest absolute Gasteiger partial charge is 0.119 e. The molecule has 0 radical (unpaired) electrons. The molecule has 3 aliphatic rings. The molecule has 35 heavy (non-hydrogen) atoms. The second-order valence-corrected chi connectivity index (χ2v) is 10.9. The molecular weight excluding hydrogens is 432 g/mol. The molecule has 0 heterocycles. The lowest BCUT2D eigenvalue weighted by atomic mass is 9.77. The summed E-state index contributed by atoms with van der Waals surface area (Å²) in [5.74, 6) is 2.90. The Hall–Kier alpha value is -2.26. The zero-order valence-corrected chi connectivity index (χ0v) is 21.9. The highest BCUT2D eigenvalue weighted by Crippen LogP contribution is 2.50. The molecule has 0 amide bonds. The number of ether oxygens (including phenoxy) is 2. The SMILES string of the molecule is C.C=C1C(CCc2cc(OCCC)cc(C(C)(C)C)c2)C=C2C3=C(CCCC3)C(OCC)=CC12.O. The molecule has 0 bridgehead atoms. The number of hydrogen-bond acceptors (Lipinski definition) is 2. The first-order valence-corrected chi connectivity index (χ1v) is 13.1. The van der Waals surface area contributed by atoms with Gasteiger partial charge >= 0.3 is 0 Å². The summed E-state index contributed by atoms with van der Waals surface area (Å²) in [5, 5.41) is 0. The number of rotatable bonds is 8. The molecular formula is C32H48O3. The van der Waals surface area contributed by atoms with Gasteiger partial charge in [-0.05, 0) is 109 Å². The maximum Gasteiger partial charge on any atom is 0.119 e. The lowest BCUT2D eigenvalue weighted by Crippen LogP contribution is -2.16. The fourth-order valence-corrected chi connectivity index (χ4v) is 5.51. The van der Waals surface area contributed by atoms with Crippen LogP contribution in [0.2, 0.25) is 0 Å². The fraction of sp³-hybridized carbons (Fsp3) is 0.562. The fourth-order valence-electron chi connectivity index (χ4n) is 5.51. The van der Waals surface area contributed by atoms with Gasteiger partial charge < -0.3 is 14.9 Å². The minimum absolute atomic E-state index is 0. The van der Waals surface area contributed by atoms with E-state index >= 15 is 0 Å². The van der Waals surface area contributed by atoms with E-state index in [1.165, 1.54) is 47.1 Å². The molecule has 0 saturated carbocycles. The minimum atomic E-state index is 0. The Labute approximate surface area is 214 Å². The van der Waals surface area contributed by atoms with Crippen molar-refractivity contribution < 1.29 is 14.9 Å². The van der Waals surface area contributed by atoms with Gasteiger partial charge in [0, 0.05) is 5.92 Å². The Morgan fingerprint density at radius 2 is 1.69 bits per heavy atom. The highest BCUT2D eigenvalue weighted by atomic mass is 16.5. The van der Waals surface area contributed by atoms with Gasteiger partial charge in [0.05, 0.1) is 13.2 Å². The summed E-state index contributed by atoms with van der Waals surface area (Å²) >= 11 is 0. The van der Waals surface area contributed by atoms with Crippen LogP contribution < -0.4 is 4.74 Å². The van der Waals surface area contributed by atoms with Gasteiger partial charge in [0.15, 0.2) is 0 Å². The third-order valence-electron chi connectivity index (χ3n) is 7.37. The number of hydrogen-bond donors (Lipinski definition) is 0. The lowest BCUT2D eigenvalue weighted by Gasteiger charge is -2.30. The molecule has 194 valence electrons. The molecule has 0 spiro atoms. The van der Waals surface area contributed by atoms with Crippen molar-refractivity contribution in [1.82, 2.24) is 0 Å². The van der Waals surface area contributed by atoms with Crippen LogP contribution in [0.4, 0.5) is 0 Å². The first-order chi connectivity index (χ1) is 15.8. The van der Waals surface area contributed by atoms with E-state index in [0.717, 1.165) is 50.4 Å². The molecule has 3 nitrogen and oxygen atoms in total. The maximum atomic E-state index is 6.08. The van der Waals surface area contributed by atoms with Crippen LogP contribution in [0.3, 0.4) is 0 Å². The molecule has 2 atom stereocenters. The van der Waals surface area contributed by atoms with E-state index < -0.39 is 0 Å². The Morgan fingerprint density at radius 3 is 2.34 bits per heavy atom. The Kier molecular flexibility index (Phi) is 10.0. The highest BCUT2D eigenvalue weighted by Gasteiger charge is 2.36. The Morgan fingerprint density at radius 1 is 0.971 bits per heavy atom. The van der Waals surface area contributed by atoms with Crippen molar-refractivity contribution in [3.05, 3.63) is 76.1 Å². The number of allylic oxidation sites excluding steroid dienone is 6. The van der Waals surface area contributed by atoms with Crippen molar-refractivity contribution in [1.29, 1.82) is 0 Å². The summed E-state index contributed by atoms with van der Waals surface area (Å²) in [5.41, 5.74) is 8.73. The highest BCUT2D eigenvalue weighted by molar-refractivity contribution is 5.57. The molecule has 0 fully saturated rings. The van der Waals surface area contributed by atoms with Gasteiger partial charge in [-0.25, -0.2) is 0 Å². The second-order valence-electron chi connectivity index (χ2n) is 10.9. The molecule has 1 aromatic carbocycles. The van der Waals surface area contributed by atoms with Gasteiger partial charge in [-0.1, -0.05) is 59.4 Å². The Bertz CT molecular complexity index is 987. The van der Waals surface area contributed by atoms with Gasteiger partial charge in [0.25, 0.3) is 0 Å². The summed E-state index contributed by atoms with van der Waals surface area (Å²) in [6.07, 6.45) is 13.0. The monoisotopic (exact) mass is 480 g/mol. The van der Waals surface area contributed by atoms with Gasteiger partial charge in [0.2, 0.25) is 0 Å². The van der Waals surface area contributed by atoms with Gasteiger partial charge in [-0.2, -0.15) is 0 Å². The molecule has 3 aliphatic carbocycles. The van der Waals surface area contributed by atoms with E-state index in [0.29, 0.717) is 11.8 Å². The first kappa shape index (κ1) is 29.0. The van der Waals surface area contributed by atoms with Crippen molar-refractivity contribution in [2.75, 3.05) is 13.2 Å². The number of fused-ring (bicyclic) bond motifs is 2. The number of aryl methyl sites for hydroxylation is 1. The van der Waals surface area contributed by atoms with Crippen molar-refractivity contribution in [2.45, 2.75) is 92.4 Å². The normalized spacial score (nSPS) is 21.2. The van der Waals surface area contributed by atoms with Gasteiger partial charge in [-0.15, -0.1) is 0 Å². The standard InChI is InChI=1S/C31H42O2.CH4.H2O/c1-7-15-33-25-17-22(16-24(19-25)31(4,5)6)13-14-23-18-29-26-11-9-10-12-27(26)30(32-8-2)20-28(29)21(23)3;;/h16-20,23,28H,3,7-15H2,1-2,4-6H3;1H4;1H2. The number of benzene rings is 1. The molecule has 3 heteroatoms. The molecule has 1 aromatic rings. The molecule has 4 rings (SSSR count). The van der Waals surface area contributed by atoms with Crippen LogP contribution in [-0.2, 0) is 16.6 Å². The second kappa shape index (κ2) is 12.1. The third kappa shape index (κ3) is 6.30. The summed E-state index contributed by atoms with van der Waals surface area (Å²) in [6.45, 7) is 17.2. The summed E-state index contributed by atoms with van der Waals surface area (Å²) in [4.78, 5) is 0. The minimum Gasteiger partial charge on any atom is -0.494 e. The largest absolute Gasteiger partial charge is 0.494 e. The van der Waals surface area contributed by atoms with E-state index in [9.17, 15) is 0 Å².